The molecule has 1 N–H and O–H groups in total. The van der Waals surface area contributed by atoms with Crippen molar-refractivity contribution in [3.05, 3.63) is 28.5 Å². The quantitative estimate of drug-likeness (QED) is 0.730. The molecule has 1 heterocycles. The highest BCUT2D eigenvalue weighted by Crippen LogP contribution is 2.21. The van der Waals surface area contributed by atoms with E-state index in [-0.39, 0.29) is 18.3 Å². The lowest BCUT2D eigenvalue weighted by molar-refractivity contribution is -0.123. The molecular formula is C17H24BrFN2O2. The number of nitrogens with zero attached hydrogens (tertiary/aromatic N) is 1. The molecule has 1 saturated heterocycles. The van der Waals surface area contributed by atoms with Crippen LogP contribution in [0.1, 0.15) is 32.1 Å². The van der Waals surface area contributed by atoms with Gasteiger partial charge in [-0.2, -0.15) is 0 Å². The molecule has 1 aliphatic heterocycles. The molecule has 2 rings (SSSR count). The average molecular weight is 387 g/mol. The fourth-order valence-corrected chi connectivity index (χ4v) is 3.01. The molecule has 1 fully saturated rings. The van der Waals surface area contributed by atoms with Crippen LogP contribution in [0.4, 0.5) is 4.39 Å². The number of nitrogens with one attached hydrogen (secondary N) is 1. The number of ether oxygens (including phenoxy) is 1. The molecule has 0 bridgehead atoms. The van der Waals surface area contributed by atoms with Gasteiger partial charge in [-0.15, -0.1) is 0 Å². The first-order chi connectivity index (χ1) is 11.1. The number of rotatable bonds is 7. The average Bonchev–Trinajstić information content (AvgIpc) is 2.79. The number of hydrogen-bond donors (Lipinski definition) is 1. The fraction of sp³-hybridized carbons (Fsp3) is 0.588. The third kappa shape index (κ3) is 6.87. The molecule has 0 aromatic heterocycles. The van der Waals surface area contributed by atoms with Crippen molar-refractivity contribution in [1.29, 1.82) is 0 Å². The Hall–Kier alpha value is -1.14. The van der Waals surface area contributed by atoms with Crippen LogP contribution in [-0.4, -0.2) is 43.6 Å². The smallest absolute Gasteiger partial charge is 0.257 e. The minimum absolute atomic E-state index is 0.0907. The van der Waals surface area contributed by atoms with Gasteiger partial charge in [0.05, 0.1) is 0 Å². The summed E-state index contributed by atoms with van der Waals surface area (Å²) in [5.74, 6) is -0.607. The van der Waals surface area contributed by atoms with Crippen LogP contribution in [0, 0.1) is 5.82 Å². The normalized spacial score (nSPS) is 15.9. The topological polar surface area (TPSA) is 41.6 Å². The molecule has 0 spiro atoms. The second-order valence-corrected chi connectivity index (χ2v) is 6.74. The molecule has 128 valence electrons. The molecule has 1 aromatic rings. The standard InChI is InChI=1S/C17H24BrFN2O2/c18-14-6-7-16(15(19)12-14)23-13-17(22)20-8-5-11-21-9-3-1-2-4-10-21/h6-7,12H,1-5,8-11,13H2,(H,20,22). The summed E-state index contributed by atoms with van der Waals surface area (Å²) in [6.07, 6.45) is 6.14. The molecule has 23 heavy (non-hydrogen) atoms. The Bertz CT molecular complexity index is 505. The van der Waals surface area contributed by atoms with Crippen LogP contribution in [0.15, 0.2) is 22.7 Å². The summed E-state index contributed by atoms with van der Waals surface area (Å²) in [5.41, 5.74) is 0. The molecular weight excluding hydrogens is 363 g/mol. The van der Waals surface area contributed by atoms with Crippen molar-refractivity contribution in [1.82, 2.24) is 10.2 Å². The van der Waals surface area contributed by atoms with Crippen LogP contribution >= 0.6 is 15.9 Å². The van der Waals surface area contributed by atoms with E-state index in [4.69, 9.17) is 4.74 Å². The summed E-state index contributed by atoms with van der Waals surface area (Å²) in [6.45, 7) is 3.81. The maximum absolute atomic E-state index is 13.6. The van der Waals surface area contributed by atoms with Crippen LogP contribution < -0.4 is 10.1 Å². The molecule has 0 saturated carbocycles. The number of halogens is 2. The predicted molar refractivity (Wildman–Crippen MR) is 92.1 cm³/mol. The van der Waals surface area contributed by atoms with E-state index in [1.165, 1.54) is 50.9 Å². The van der Waals surface area contributed by atoms with Gasteiger partial charge >= 0.3 is 0 Å². The van der Waals surface area contributed by atoms with Crippen molar-refractivity contribution in [2.45, 2.75) is 32.1 Å². The van der Waals surface area contributed by atoms with Crippen LogP contribution in [0.2, 0.25) is 0 Å². The number of amides is 1. The van der Waals surface area contributed by atoms with Crippen molar-refractivity contribution >= 4 is 21.8 Å². The summed E-state index contributed by atoms with van der Waals surface area (Å²) in [5, 5.41) is 2.82. The summed E-state index contributed by atoms with van der Waals surface area (Å²) < 4.78 is 19.4. The Morgan fingerprint density at radius 3 is 2.70 bits per heavy atom. The monoisotopic (exact) mass is 386 g/mol. The van der Waals surface area contributed by atoms with Crippen molar-refractivity contribution in [3.63, 3.8) is 0 Å². The van der Waals surface area contributed by atoms with Crippen molar-refractivity contribution < 1.29 is 13.9 Å². The van der Waals surface area contributed by atoms with E-state index in [0.717, 1.165) is 13.0 Å². The van der Waals surface area contributed by atoms with Gasteiger partial charge in [0, 0.05) is 11.0 Å². The Morgan fingerprint density at radius 2 is 2.00 bits per heavy atom. The Morgan fingerprint density at radius 1 is 1.26 bits per heavy atom. The largest absolute Gasteiger partial charge is 0.481 e. The zero-order valence-corrected chi connectivity index (χ0v) is 14.9. The van der Waals surface area contributed by atoms with Gasteiger partial charge in [0.25, 0.3) is 5.91 Å². The van der Waals surface area contributed by atoms with Crippen LogP contribution in [0.3, 0.4) is 0 Å². The molecule has 4 nitrogen and oxygen atoms in total. The van der Waals surface area contributed by atoms with Crippen molar-refractivity contribution in [2.24, 2.45) is 0 Å². The van der Waals surface area contributed by atoms with E-state index in [1.54, 1.807) is 6.07 Å². The second kappa shape index (κ2) is 9.88. The number of carbonyl (C=O) groups is 1. The molecule has 1 aromatic carbocycles. The summed E-state index contributed by atoms with van der Waals surface area (Å²) in [7, 11) is 0. The third-order valence-corrected chi connectivity index (χ3v) is 4.42. The first-order valence-corrected chi connectivity index (χ1v) is 9.01. The molecule has 0 unspecified atom stereocenters. The Labute approximate surface area is 145 Å². The van der Waals surface area contributed by atoms with Gasteiger partial charge in [-0.3, -0.25) is 4.79 Å². The van der Waals surface area contributed by atoms with E-state index < -0.39 is 5.82 Å². The van der Waals surface area contributed by atoms with Crippen molar-refractivity contribution in [2.75, 3.05) is 32.8 Å². The van der Waals surface area contributed by atoms with Gasteiger partial charge in [0.15, 0.2) is 18.2 Å². The van der Waals surface area contributed by atoms with E-state index in [9.17, 15) is 9.18 Å². The Balaban J connectivity index is 1.59. The van der Waals surface area contributed by atoms with Crippen LogP contribution in [0.5, 0.6) is 5.75 Å². The third-order valence-electron chi connectivity index (χ3n) is 3.92. The molecule has 6 heteroatoms. The van der Waals surface area contributed by atoms with E-state index in [1.807, 2.05) is 0 Å². The molecule has 0 atom stereocenters. The Kier molecular flexibility index (Phi) is 7.82. The van der Waals surface area contributed by atoms with Gasteiger partial charge in [0.1, 0.15) is 0 Å². The number of hydrogen-bond acceptors (Lipinski definition) is 3. The van der Waals surface area contributed by atoms with Gasteiger partial charge < -0.3 is 15.0 Å². The maximum atomic E-state index is 13.6. The highest BCUT2D eigenvalue weighted by molar-refractivity contribution is 9.10. The van der Waals surface area contributed by atoms with Crippen LogP contribution in [-0.2, 0) is 4.79 Å². The fourth-order valence-electron chi connectivity index (χ4n) is 2.68. The molecule has 1 amide bonds. The van der Waals surface area contributed by atoms with E-state index >= 15 is 0 Å². The van der Waals surface area contributed by atoms with Gasteiger partial charge in [-0.25, -0.2) is 4.39 Å². The predicted octanol–water partition coefficient (Wildman–Crippen LogP) is 3.35. The lowest BCUT2D eigenvalue weighted by Crippen LogP contribution is -2.33. The first-order valence-electron chi connectivity index (χ1n) is 8.22. The minimum atomic E-state index is -0.478. The second-order valence-electron chi connectivity index (χ2n) is 5.82. The highest BCUT2D eigenvalue weighted by Gasteiger charge is 2.09. The zero-order valence-electron chi connectivity index (χ0n) is 13.3. The molecule has 0 aliphatic carbocycles. The number of benzene rings is 1. The first kappa shape index (κ1) is 18.2. The van der Waals surface area contributed by atoms with Crippen molar-refractivity contribution in [3.8, 4) is 5.75 Å². The summed E-state index contributed by atoms with van der Waals surface area (Å²) >= 11 is 3.18. The SMILES string of the molecule is O=C(COc1ccc(Br)cc1F)NCCCN1CCCCCC1. The van der Waals surface area contributed by atoms with E-state index in [2.05, 4.69) is 26.1 Å². The lowest BCUT2D eigenvalue weighted by atomic mass is 10.2. The lowest BCUT2D eigenvalue weighted by Gasteiger charge is -2.19. The highest BCUT2D eigenvalue weighted by atomic mass is 79.9. The number of carbonyl (C=O) groups excluding carboxylic acids is 1. The molecule has 1 aliphatic rings. The van der Waals surface area contributed by atoms with Crippen LogP contribution in [0.25, 0.3) is 0 Å². The van der Waals surface area contributed by atoms with Gasteiger partial charge in [-0.05, 0) is 57.1 Å². The van der Waals surface area contributed by atoms with E-state index in [0.29, 0.717) is 11.0 Å². The zero-order chi connectivity index (χ0) is 16.5. The summed E-state index contributed by atoms with van der Waals surface area (Å²) in [4.78, 5) is 14.2. The van der Waals surface area contributed by atoms with Gasteiger partial charge in [0.2, 0.25) is 0 Å². The number of likely N-dealkylation sites (tertiary alicyclic amines) is 1. The van der Waals surface area contributed by atoms with Gasteiger partial charge in [-0.1, -0.05) is 28.8 Å². The summed E-state index contributed by atoms with van der Waals surface area (Å²) in [6, 6.07) is 4.50. The maximum Gasteiger partial charge on any atom is 0.257 e. The minimum Gasteiger partial charge on any atom is -0.481 e. The molecule has 0 radical (unpaired) electrons.